The molecule has 3 N–H and O–H groups in total. The van der Waals surface area contributed by atoms with E-state index in [9.17, 15) is 15.0 Å². The first-order valence-electron chi connectivity index (χ1n) is 11.7. The van der Waals surface area contributed by atoms with Gasteiger partial charge >= 0.3 is 5.97 Å². The highest BCUT2D eigenvalue weighted by Crippen LogP contribution is 2.34. The second-order valence-corrected chi connectivity index (χ2v) is 8.65. The topological polar surface area (TPSA) is 116 Å². The molecule has 9 heteroatoms. The second-order valence-electron chi connectivity index (χ2n) is 8.65. The Balaban J connectivity index is 1.33. The molecule has 9 nitrogen and oxygen atoms in total. The third-order valence-corrected chi connectivity index (χ3v) is 6.08. The van der Waals surface area contributed by atoms with Crippen LogP contribution in [-0.4, -0.2) is 73.4 Å². The number of rotatable bonds is 12. The summed E-state index contributed by atoms with van der Waals surface area (Å²) in [6, 6.07) is 9.68. The summed E-state index contributed by atoms with van der Waals surface area (Å²) in [5, 5.41) is 24.4. The smallest absolute Gasteiger partial charge is 0.305 e. The van der Waals surface area contributed by atoms with Crippen molar-refractivity contribution in [3.63, 3.8) is 0 Å². The maximum Gasteiger partial charge on any atom is 0.305 e. The maximum absolute atomic E-state index is 11.1. The minimum Gasteiger partial charge on any atom is -0.469 e. The van der Waals surface area contributed by atoms with Gasteiger partial charge in [-0.15, -0.1) is 0 Å². The molecule has 186 valence electrons. The SMILES string of the molecule is COC(=O)CCCCCCC(C)NCO[C@@H]1O[C@@H]2COC(c3ccccc3)O[C@@H]2[C@H](O)[C@H]1O. The molecule has 0 radical (unpaired) electrons. The number of esters is 1. The molecule has 3 rings (SSSR count). The van der Waals surface area contributed by atoms with Gasteiger partial charge in [-0.2, -0.15) is 0 Å². The summed E-state index contributed by atoms with van der Waals surface area (Å²) < 4.78 is 27.8. The molecular weight excluding hydrogens is 430 g/mol. The lowest BCUT2D eigenvalue weighted by Gasteiger charge is -2.46. The number of hydrogen-bond acceptors (Lipinski definition) is 9. The molecule has 1 aromatic rings. The predicted molar refractivity (Wildman–Crippen MR) is 119 cm³/mol. The number of fused-ring (bicyclic) bond motifs is 1. The van der Waals surface area contributed by atoms with Crippen LogP contribution in [0.15, 0.2) is 30.3 Å². The molecule has 0 aromatic heterocycles. The van der Waals surface area contributed by atoms with Crippen molar-refractivity contribution in [2.75, 3.05) is 20.4 Å². The molecule has 2 unspecified atom stereocenters. The van der Waals surface area contributed by atoms with E-state index in [0.29, 0.717) is 6.42 Å². The normalized spacial score (nSPS) is 30.4. The first-order valence-corrected chi connectivity index (χ1v) is 11.7. The molecule has 2 aliphatic heterocycles. The number of nitrogens with one attached hydrogen (secondary N) is 1. The summed E-state index contributed by atoms with van der Waals surface area (Å²) >= 11 is 0. The van der Waals surface area contributed by atoms with Crippen LogP contribution < -0.4 is 5.32 Å². The van der Waals surface area contributed by atoms with Crippen LogP contribution in [0.3, 0.4) is 0 Å². The first-order chi connectivity index (χ1) is 16.0. The van der Waals surface area contributed by atoms with Crippen molar-refractivity contribution in [3.8, 4) is 0 Å². The lowest BCUT2D eigenvalue weighted by Crippen LogP contribution is -2.62. The predicted octanol–water partition coefficient (Wildman–Crippen LogP) is 2.01. The van der Waals surface area contributed by atoms with E-state index in [-0.39, 0.29) is 25.3 Å². The summed E-state index contributed by atoms with van der Waals surface area (Å²) in [6.45, 7) is 2.48. The quantitative estimate of drug-likeness (QED) is 0.241. The van der Waals surface area contributed by atoms with Crippen LogP contribution in [0.25, 0.3) is 0 Å². The fourth-order valence-electron chi connectivity index (χ4n) is 4.04. The molecule has 1 aromatic carbocycles. The zero-order valence-electron chi connectivity index (χ0n) is 19.4. The molecule has 7 atom stereocenters. The molecule has 2 heterocycles. The Bertz CT molecular complexity index is 703. The molecule has 0 bridgehead atoms. The lowest BCUT2D eigenvalue weighted by atomic mass is 9.98. The van der Waals surface area contributed by atoms with E-state index >= 15 is 0 Å². The number of benzene rings is 1. The van der Waals surface area contributed by atoms with Crippen molar-refractivity contribution in [1.82, 2.24) is 5.32 Å². The Morgan fingerprint density at radius 3 is 2.64 bits per heavy atom. The second kappa shape index (κ2) is 13.3. The fourth-order valence-corrected chi connectivity index (χ4v) is 4.04. The number of unbranched alkanes of at least 4 members (excludes halogenated alkanes) is 3. The van der Waals surface area contributed by atoms with Crippen LogP contribution in [-0.2, 0) is 28.5 Å². The third kappa shape index (κ3) is 7.71. The van der Waals surface area contributed by atoms with Gasteiger partial charge in [0.2, 0.25) is 0 Å². The minimum atomic E-state index is -1.23. The van der Waals surface area contributed by atoms with Gasteiger partial charge in [0, 0.05) is 18.0 Å². The van der Waals surface area contributed by atoms with Gasteiger partial charge in [0.1, 0.15) is 31.1 Å². The number of aliphatic hydroxyl groups is 2. The monoisotopic (exact) mass is 467 g/mol. The average molecular weight is 468 g/mol. The average Bonchev–Trinajstić information content (AvgIpc) is 2.84. The van der Waals surface area contributed by atoms with Crippen molar-refractivity contribution >= 4 is 5.97 Å². The van der Waals surface area contributed by atoms with E-state index in [1.54, 1.807) is 0 Å². The van der Waals surface area contributed by atoms with Crippen molar-refractivity contribution < 1.29 is 38.7 Å². The van der Waals surface area contributed by atoms with E-state index in [1.165, 1.54) is 7.11 Å². The summed E-state index contributed by atoms with van der Waals surface area (Å²) in [7, 11) is 1.41. The number of ether oxygens (including phenoxy) is 5. The van der Waals surface area contributed by atoms with Gasteiger partial charge in [0.15, 0.2) is 12.6 Å². The maximum atomic E-state index is 11.1. The zero-order chi connectivity index (χ0) is 23.6. The van der Waals surface area contributed by atoms with Gasteiger partial charge < -0.3 is 33.9 Å². The van der Waals surface area contributed by atoms with Crippen molar-refractivity contribution in [3.05, 3.63) is 35.9 Å². The molecule has 33 heavy (non-hydrogen) atoms. The van der Waals surface area contributed by atoms with Crippen molar-refractivity contribution in [2.24, 2.45) is 0 Å². The van der Waals surface area contributed by atoms with Crippen LogP contribution in [0.5, 0.6) is 0 Å². The van der Waals surface area contributed by atoms with Crippen LogP contribution >= 0.6 is 0 Å². The standard InChI is InChI=1S/C24H37NO8/c1-16(10-6-3-4-9-13-19(26)29-2)25-15-31-24-21(28)20(27)22-18(32-24)14-30-23(33-22)17-11-7-5-8-12-17/h5,7-8,11-12,16,18,20-25,27-28H,3-4,6,9-10,13-15H2,1-2H3/t16?,18-,20-,21-,22+,23?,24-/m1/s1. The lowest BCUT2D eigenvalue weighted by molar-refractivity contribution is -0.362. The number of hydrogen-bond donors (Lipinski definition) is 3. The Morgan fingerprint density at radius 1 is 1.12 bits per heavy atom. The number of carbonyl (C=O) groups is 1. The third-order valence-electron chi connectivity index (χ3n) is 6.08. The molecular formula is C24H37NO8. The number of aliphatic hydroxyl groups excluding tert-OH is 2. The van der Waals surface area contributed by atoms with Crippen LogP contribution in [0, 0.1) is 0 Å². The highest BCUT2D eigenvalue weighted by molar-refractivity contribution is 5.68. The zero-order valence-corrected chi connectivity index (χ0v) is 19.4. The molecule has 2 aliphatic rings. The molecule has 0 saturated carbocycles. The van der Waals surface area contributed by atoms with Crippen LogP contribution in [0.1, 0.15) is 57.3 Å². The molecule has 0 aliphatic carbocycles. The van der Waals surface area contributed by atoms with Gasteiger partial charge in [-0.05, 0) is 19.8 Å². The Morgan fingerprint density at radius 2 is 1.88 bits per heavy atom. The Kier molecular flexibility index (Phi) is 10.5. The largest absolute Gasteiger partial charge is 0.469 e. The Labute approximate surface area is 195 Å². The van der Waals surface area contributed by atoms with E-state index in [4.69, 9.17) is 18.9 Å². The summed E-state index contributed by atoms with van der Waals surface area (Å²) in [6.07, 6.45) is 0.168. The van der Waals surface area contributed by atoms with Gasteiger partial charge in [0.25, 0.3) is 0 Å². The molecule has 0 amide bonds. The van der Waals surface area contributed by atoms with Gasteiger partial charge in [-0.25, -0.2) is 0 Å². The van der Waals surface area contributed by atoms with E-state index in [2.05, 4.69) is 17.0 Å². The van der Waals surface area contributed by atoms with E-state index in [1.807, 2.05) is 30.3 Å². The molecule has 0 spiro atoms. The summed E-state index contributed by atoms with van der Waals surface area (Å²) in [5.41, 5.74) is 0.845. The number of methoxy groups -OCH3 is 1. The van der Waals surface area contributed by atoms with Crippen molar-refractivity contribution in [1.29, 1.82) is 0 Å². The van der Waals surface area contributed by atoms with Gasteiger partial charge in [0.05, 0.1) is 13.7 Å². The van der Waals surface area contributed by atoms with E-state index < -0.39 is 37.0 Å². The van der Waals surface area contributed by atoms with E-state index in [0.717, 1.165) is 37.7 Å². The molecule has 2 saturated heterocycles. The van der Waals surface area contributed by atoms with Gasteiger partial charge in [-0.3, -0.25) is 10.1 Å². The van der Waals surface area contributed by atoms with Gasteiger partial charge in [-0.1, -0.05) is 49.6 Å². The fraction of sp³-hybridized carbons (Fsp3) is 0.708. The first kappa shape index (κ1) is 26.0. The summed E-state index contributed by atoms with van der Waals surface area (Å²) in [4.78, 5) is 11.1. The minimum absolute atomic E-state index is 0.159. The molecule has 2 fully saturated rings. The van der Waals surface area contributed by atoms with Crippen LogP contribution in [0.2, 0.25) is 0 Å². The Hall–Kier alpha value is -1.59. The highest BCUT2D eigenvalue weighted by Gasteiger charge is 2.49. The summed E-state index contributed by atoms with van der Waals surface area (Å²) in [5.74, 6) is -0.159. The highest BCUT2D eigenvalue weighted by atomic mass is 16.8. The number of carbonyl (C=O) groups excluding carboxylic acids is 1. The van der Waals surface area contributed by atoms with Crippen LogP contribution in [0.4, 0.5) is 0 Å². The van der Waals surface area contributed by atoms with Crippen molar-refractivity contribution in [2.45, 2.75) is 88.5 Å².